The Kier molecular flexibility index (Phi) is 8.76. The summed E-state index contributed by atoms with van der Waals surface area (Å²) < 4.78 is 0. The molecule has 0 aromatic heterocycles. The SMILES string of the molecule is CC(C)CC(C(=O)N1CCC(CC(N)=O)CC1)N1CCNC(CC2CCCCC2)C1=O. The fourth-order valence-electron chi connectivity index (χ4n) is 5.67. The highest BCUT2D eigenvalue weighted by Gasteiger charge is 2.39. The third-order valence-corrected chi connectivity index (χ3v) is 7.39. The largest absolute Gasteiger partial charge is 0.370 e. The molecule has 3 aliphatic rings. The topological polar surface area (TPSA) is 95.7 Å². The molecule has 7 heteroatoms. The van der Waals surface area contributed by atoms with E-state index < -0.39 is 0 Å². The van der Waals surface area contributed by atoms with E-state index in [-0.39, 0.29) is 35.7 Å². The van der Waals surface area contributed by atoms with E-state index in [1.165, 1.54) is 32.1 Å². The van der Waals surface area contributed by atoms with Crippen LogP contribution in [0.15, 0.2) is 0 Å². The van der Waals surface area contributed by atoms with Gasteiger partial charge in [0, 0.05) is 32.6 Å². The number of piperazine rings is 1. The number of hydrogen-bond acceptors (Lipinski definition) is 4. The normalized spacial score (nSPS) is 25.1. The van der Waals surface area contributed by atoms with E-state index in [4.69, 9.17) is 5.73 Å². The number of likely N-dealkylation sites (tertiary alicyclic amines) is 1. The van der Waals surface area contributed by atoms with Crippen LogP contribution in [0.3, 0.4) is 0 Å². The van der Waals surface area contributed by atoms with Gasteiger partial charge in [0.15, 0.2) is 0 Å². The van der Waals surface area contributed by atoms with Crippen LogP contribution in [0.2, 0.25) is 0 Å². The van der Waals surface area contributed by atoms with E-state index in [1.54, 1.807) is 0 Å². The molecule has 3 N–H and O–H groups in total. The van der Waals surface area contributed by atoms with Gasteiger partial charge in [0.25, 0.3) is 0 Å². The van der Waals surface area contributed by atoms with Gasteiger partial charge in [0.1, 0.15) is 6.04 Å². The van der Waals surface area contributed by atoms with Crippen LogP contribution in [0.4, 0.5) is 0 Å². The van der Waals surface area contributed by atoms with Crippen molar-refractivity contribution in [2.75, 3.05) is 26.2 Å². The van der Waals surface area contributed by atoms with Gasteiger partial charge < -0.3 is 20.9 Å². The highest BCUT2D eigenvalue weighted by molar-refractivity contribution is 5.90. The molecule has 2 atom stereocenters. The van der Waals surface area contributed by atoms with Crippen molar-refractivity contribution >= 4 is 17.7 Å². The molecule has 176 valence electrons. The number of nitrogens with one attached hydrogen (secondary N) is 1. The molecule has 1 saturated carbocycles. The Balaban J connectivity index is 1.64. The van der Waals surface area contributed by atoms with Gasteiger partial charge in [-0.2, -0.15) is 0 Å². The Morgan fingerprint density at radius 3 is 2.32 bits per heavy atom. The lowest BCUT2D eigenvalue weighted by atomic mass is 9.84. The zero-order chi connectivity index (χ0) is 22.4. The third-order valence-electron chi connectivity index (χ3n) is 7.39. The van der Waals surface area contributed by atoms with Crippen molar-refractivity contribution in [1.82, 2.24) is 15.1 Å². The predicted molar refractivity (Wildman–Crippen MR) is 121 cm³/mol. The maximum atomic E-state index is 13.5. The zero-order valence-electron chi connectivity index (χ0n) is 19.5. The number of nitrogens with zero attached hydrogens (tertiary/aromatic N) is 2. The standard InChI is InChI=1S/C24H42N4O3/c1-17(2)14-21(24(31)27-11-8-19(9-12-27)16-22(25)29)28-13-10-26-20(23(28)30)15-18-6-4-3-5-7-18/h17-21,26H,3-16H2,1-2H3,(H2,25,29). The summed E-state index contributed by atoms with van der Waals surface area (Å²) in [5, 5.41) is 3.44. The summed E-state index contributed by atoms with van der Waals surface area (Å²) in [7, 11) is 0. The number of nitrogens with two attached hydrogens (primary N) is 1. The first-order valence-corrected chi connectivity index (χ1v) is 12.5. The van der Waals surface area contributed by atoms with Crippen LogP contribution in [0.25, 0.3) is 0 Å². The molecule has 7 nitrogen and oxygen atoms in total. The molecule has 1 aliphatic carbocycles. The Morgan fingerprint density at radius 2 is 1.71 bits per heavy atom. The van der Waals surface area contributed by atoms with Crippen LogP contribution in [0.1, 0.15) is 78.1 Å². The lowest BCUT2D eigenvalue weighted by Gasteiger charge is -2.42. The number of carbonyl (C=O) groups is 3. The number of rotatable bonds is 8. The van der Waals surface area contributed by atoms with Gasteiger partial charge in [-0.25, -0.2) is 0 Å². The number of carbonyl (C=O) groups excluding carboxylic acids is 3. The van der Waals surface area contributed by atoms with Crippen LogP contribution < -0.4 is 11.1 Å². The summed E-state index contributed by atoms with van der Waals surface area (Å²) in [6.45, 7) is 6.89. The van der Waals surface area contributed by atoms with Gasteiger partial charge >= 0.3 is 0 Å². The van der Waals surface area contributed by atoms with Gasteiger partial charge in [-0.05, 0) is 43.4 Å². The second-order valence-electron chi connectivity index (χ2n) is 10.4. The smallest absolute Gasteiger partial charge is 0.245 e. The average molecular weight is 435 g/mol. The van der Waals surface area contributed by atoms with Crippen molar-refractivity contribution in [3.8, 4) is 0 Å². The quantitative estimate of drug-likeness (QED) is 0.613. The second kappa shape index (κ2) is 11.3. The summed E-state index contributed by atoms with van der Waals surface area (Å²) in [6.07, 6.45) is 9.92. The molecule has 0 aromatic carbocycles. The first-order valence-electron chi connectivity index (χ1n) is 12.5. The summed E-state index contributed by atoms with van der Waals surface area (Å²) in [5.74, 6) is 1.15. The molecule has 0 bridgehead atoms. The minimum Gasteiger partial charge on any atom is -0.370 e. The van der Waals surface area contributed by atoms with Crippen molar-refractivity contribution in [3.05, 3.63) is 0 Å². The number of primary amides is 1. The molecule has 0 aromatic rings. The Labute approximate surface area is 187 Å². The van der Waals surface area contributed by atoms with Crippen molar-refractivity contribution < 1.29 is 14.4 Å². The first kappa shape index (κ1) is 24.0. The maximum absolute atomic E-state index is 13.5. The van der Waals surface area contributed by atoms with Gasteiger partial charge in [-0.15, -0.1) is 0 Å². The number of amides is 3. The van der Waals surface area contributed by atoms with Gasteiger partial charge in [0.05, 0.1) is 6.04 Å². The minimum absolute atomic E-state index is 0.0814. The molecule has 2 saturated heterocycles. The second-order valence-corrected chi connectivity index (χ2v) is 10.4. The molecule has 3 fully saturated rings. The van der Waals surface area contributed by atoms with Crippen molar-refractivity contribution in [2.45, 2.75) is 90.1 Å². The monoisotopic (exact) mass is 434 g/mol. The van der Waals surface area contributed by atoms with E-state index >= 15 is 0 Å². The summed E-state index contributed by atoms with van der Waals surface area (Å²) in [6, 6.07) is -0.531. The summed E-state index contributed by atoms with van der Waals surface area (Å²) in [4.78, 5) is 42.0. The highest BCUT2D eigenvalue weighted by atomic mass is 16.2. The number of piperidine rings is 1. The van der Waals surface area contributed by atoms with E-state index in [9.17, 15) is 14.4 Å². The predicted octanol–water partition coefficient (Wildman–Crippen LogP) is 2.29. The molecule has 31 heavy (non-hydrogen) atoms. The van der Waals surface area contributed by atoms with Crippen LogP contribution in [-0.2, 0) is 14.4 Å². The third kappa shape index (κ3) is 6.67. The van der Waals surface area contributed by atoms with Crippen molar-refractivity contribution in [1.29, 1.82) is 0 Å². The van der Waals surface area contributed by atoms with Crippen molar-refractivity contribution in [2.24, 2.45) is 23.5 Å². The first-order chi connectivity index (χ1) is 14.8. The lowest BCUT2D eigenvalue weighted by Crippen LogP contribution is -2.62. The van der Waals surface area contributed by atoms with E-state index in [0.717, 1.165) is 25.8 Å². The molecular weight excluding hydrogens is 392 g/mol. The van der Waals surface area contributed by atoms with E-state index in [2.05, 4.69) is 19.2 Å². The average Bonchev–Trinajstić information content (AvgIpc) is 2.74. The lowest BCUT2D eigenvalue weighted by molar-refractivity contribution is -0.150. The Bertz CT molecular complexity index is 624. The molecule has 0 spiro atoms. The number of hydrogen-bond donors (Lipinski definition) is 2. The minimum atomic E-state index is -0.379. The zero-order valence-corrected chi connectivity index (χ0v) is 19.5. The highest BCUT2D eigenvalue weighted by Crippen LogP contribution is 2.29. The van der Waals surface area contributed by atoms with Gasteiger partial charge in [0.2, 0.25) is 17.7 Å². The Hall–Kier alpha value is -1.63. The fraction of sp³-hybridized carbons (Fsp3) is 0.875. The van der Waals surface area contributed by atoms with Crippen LogP contribution in [0.5, 0.6) is 0 Å². The van der Waals surface area contributed by atoms with Gasteiger partial charge in [-0.3, -0.25) is 14.4 Å². The molecular formula is C24H42N4O3. The van der Waals surface area contributed by atoms with Crippen LogP contribution in [0, 0.1) is 17.8 Å². The molecule has 2 unspecified atom stereocenters. The van der Waals surface area contributed by atoms with Crippen LogP contribution in [-0.4, -0.2) is 65.8 Å². The van der Waals surface area contributed by atoms with E-state index in [0.29, 0.717) is 44.3 Å². The fourth-order valence-corrected chi connectivity index (χ4v) is 5.67. The van der Waals surface area contributed by atoms with Crippen molar-refractivity contribution in [3.63, 3.8) is 0 Å². The maximum Gasteiger partial charge on any atom is 0.245 e. The van der Waals surface area contributed by atoms with Gasteiger partial charge in [-0.1, -0.05) is 46.0 Å². The molecule has 2 heterocycles. The molecule has 2 aliphatic heterocycles. The molecule has 0 radical (unpaired) electrons. The molecule has 3 amide bonds. The molecule has 3 rings (SSSR count). The van der Waals surface area contributed by atoms with Crippen LogP contribution >= 0.6 is 0 Å². The van der Waals surface area contributed by atoms with E-state index in [1.807, 2.05) is 9.80 Å². The Morgan fingerprint density at radius 1 is 1.03 bits per heavy atom. The summed E-state index contributed by atoms with van der Waals surface area (Å²) >= 11 is 0. The summed E-state index contributed by atoms with van der Waals surface area (Å²) in [5.41, 5.74) is 5.34.